The number of nitrogens with one attached hydrogen (secondary N) is 4. The zero-order valence-electron chi connectivity index (χ0n) is 37.3. The Balaban J connectivity index is 0.788. The van der Waals surface area contributed by atoms with E-state index in [-0.39, 0.29) is 60.2 Å². The van der Waals surface area contributed by atoms with Crippen molar-refractivity contribution in [2.45, 2.75) is 70.6 Å². The lowest BCUT2D eigenvalue weighted by Gasteiger charge is -2.35. The van der Waals surface area contributed by atoms with Crippen LogP contribution in [0.1, 0.15) is 86.6 Å². The van der Waals surface area contributed by atoms with Crippen LogP contribution in [0.2, 0.25) is 0 Å². The minimum atomic E-state index is -0.387. The van der Waals surface area contributed by atoms with Crippen molar-refractivity contribution < 1.29 is 28.7 Å². The highest BCUT2D eigenvalue weighted by Crippen LogP contribution is 2.40. The number of nitrogens with two attached hydrogens (primary N) is 1. The molecule has 16 heteroatoms. The first-order valence-electron chi connectivity index (χ1n) is 22.9. The summed E-state index contributed by atoms with van der Waals surface area (Å²) in [6.07, 6.45) is 4.84. The Morgan fingerprint density at radius 1 is 0.940 bits per heavy atom. The van der Waals surface area contributed by atoms with Crippen molar-refractivity contribution in [3.8, 4) is 5.75 Å². The molecule has 0 radical (unpaired) electrons. The summed E-state index contributed by atoms with van der Waals surface area (Å²) >= 11 is 1.36. The molecule has 5 heterocycles. The lowest BCUT2D eigenvalue weighted by Crippen LogP contribution is -2.44. The fourth-order valence-corrected chi connectivity index (χ4v) is 10.8. The Morgan fingerprint density at radius 3 is 2.48 bits per heavy atom. The average Bonchev–Trinajstić information content (AvgIpc) is 3.81. The number of ether oxygens (including phenoxy) is 1. The third-order valence-corrected chi connectivity index (χ3v) is 14.4. The van der Waals surface area contributed by atoms with Crippen LogP contribution in [-0.2, 0) is 22.4 Å². The minimum absolute atomic E-state index is 0.00325. The number of nitrogens with zero attached hydrogens (tertiary/aromatic N) is 4. The molecule has 67 heavy (non-hydrogen) atoms. The Hall–Kier alpha value is -7.33. The number of hydrogen-bond acceptors (Lipinski definition) is 11. The maximum absolute atomic E-state index is 13.7. The van der Waals surface area contributed by atoms with Crippen LogP contribution in [0.3, 0.4) is 0 Å². The zero-order valence-corrected chi connectivity index (χ0v) is 38.1. The van der Waals surface area contributed by atoms with Gasteiger partial charge < -0.3 is 41.5 Å². The van der Waals surface area contributed by atoms with Crippen LogP contribution < -0.4 is 41.5 Å². The largest absolute Gasteiger partial charge is 0.486 e. The molecule has 4 aliphatic heterocycles. The van der Waals surface area contributed by atoms with Crippen molar-refractivity contribution in [3.05, 3.63) is 118 Å². The molecule has 5 amide bonds. The van der Waals surface area contributed by atoms with Gasteiger partial charge in [0, 0.05) is 69.4 Å². The average molecular weight is 918 g/mol. The van der Waals surface area contributed by atoms with E-state index in [0.717, 1.165) is 51.0 Å². The van der Waals surface area contributed by atoms with Gasteiger partial charge in [0.25, 0.3) is 23.6 Å². The van der Waals surface area contributed by atoms with Gasteiger partial charge in [-0.05, 0) is 117 Å². The molecule has 0 bridgehead atoms. The van der Waals surface area contributed by atoms with Crippen LogP contribution in [0, 0.1) is 5.92 Å². The predicted octanol–water partition coefficient (Wildman–Crippen LogP) is 7.10. The maximum atomic E-state index is 13.7. The van der Waals surface area contributed by atoms with Crippen LogP contribution in [0.5, 0.6) is 5.75 Å². The highest BCUT2D eigenvalue weighted by molar-refractivity contribution is 7.21. The van der Waals surface area contributed by atoms with Gasteiger partial charge in [0.05, 0.1) is 42.1 Å². The number of aryl methyl sites for hydroxylation is 1. The van der Waals surface area contributed by atoms with E-state index in [1.807, 2.05) is 56.3 Å². The first-order valence-corrected chi connectivity index (χ1v) is 23.7. The smallest absolute Gasteiger partial charge is 0.263 e. The van der Waals surface area contributed by atoms with Crippen LogP contribution >= 0.6 is 11.3 Å². The Morgan fingerprint density at radius 2 is 1.69 bits per heavy atom. The molecule has 5 aliphatic rings. The van der Waals surface area contributed by atoms with E-state index in [9.17, 15) is 24.0 Å². The molecule has 0 spiro atoms. The second kappa shape index (κ2) is 17.8. The van der Waals surface area contributed by atoms with Gasteiger partial charge in [-0.3, -0.25) is 34.0 Å². The van der Waals surface area contributed by atoms with Gasteiger partial charge in [-0.25, -0.2) is 0 Å². The standard InChI is InChI=1S/C51H51N9O6S/c1-4-43(61)59-18-6-7-28-10-12-32(22-39(28)59)56-50(64)31-11-17-42-37(21-31)46-47(67-42)51(65)58-34(25-54-46)13-15-35-26-60(44(62)5-2)40-23-33(14-16-41(40)66-35)57-49(63)30-9-8-29-19-38-45(36(29)20-30)53-24-27(3)55-48(38)52/h5,8-12,14,16-17,20-23,27,34-35,38,54H,2,4,6-7,13,15,18-19,24-26H2,1,3H3,(H2,52,55)(H,56,64)(H,57,63)(H,58,65). The molecule has 0 saturated heterocycles. The molecule has 10 rings (SSSR count). The number of amides is 5. The summed E-state index contributed by atoms with van der Waals surface area (Å²) in [5.41, 5.74) is 14.3. The number of fused-ring (bicyclic) bond motifs is 8. The highest BCUT2D eigenvalue weighted by atomic mass is 32.1. The molecule has 4 atom stereocenters. The van der Waals surface area contributed by atoms with Crippen LogP contribution in [0.15, 0.2) is 95.4 Å². The fourth-order valence-electron chi connectivity index (χ4n) is 9.76. The van der Waals surface area contributed by atoms with Gasteiger partial charge in [0.15, 0.2) is 0 Å². The molecule has 6 N–H and O–H groups in total. The lowest BCUT2D eigenvalue weighted by molar-refractivity contribution is -0.118. The van der Waals surface area contributed by atoms with Gasteiger partial charge in [-0.15, -0.1) is 11.3 Å². The van der Waals surface area contributed by atoms with E-state index in [1.165, 1.54) is 17.4 Å². The van der Waals surface area contributed by atoms with Crippen molar-refractivity contribution >= 4 is 90.9 Å². The van der Waals surface area contributed by atoms with E-state index in [4.69, 9.17) is 15.5 Å². The summed E-state index contributed by atoms with van der Waals surface area (Å²) in [6, 6.07) is 21.7. The number of anilines is 5. The Bertz CT molecular complexity index is 2980. The van der Waals surface area contributed by atoms with Crippen molar-refractivity contribution in [1.29, 1.82) is 0 Å². The van der Waals surface area contributed by atoms with Crippen molar-refractivity contribution in [2.24, 2.45) is 21.6 Å². The SMILES string of the molecule is C=CC(=O)N1CC(CCC2CNc3c(sc4ccc(C(=O)Nc5ccc6c(c5)N(C(=O)CC)CCC6)cc34)C(=O)N2)Oc2ccc(NC(=O)c3ccc4c(c3)C3=NCC(C)N=C(N)C3C4)cc21. The molecule has 1 aliphatic carbocycles. The molecule has 1 aromatic heterocycles. The second-order valence-electron chi connectivity index (χ2n) is 17.7. The van der Waals surface area contributed by atoms with Gasteiger partial charge in [-0.2, -0.15) is 0 Å². The van der Waals surface area contributed by atoms with Crippen LogP contribution in [-0.4, -0.2) is 85.4 Å². The summed E-state index contributed by atoms with van der Waals surface area (Å²) in [5, 5.41) is 13.5. The molecule has 4 aromatic carbocycles. The van der Waals surface area contributed by atoms with Gasteiger partial charge in [0.2, 0.25) is 5.91 Å². The zero-order chi connectivity index (χ0) is 46.5. The van der Waals surface area contributed by atoms with E-state index in [1.54, 1.807) is 40.1 Å². The van der Waals surface area contributed by atoms with Crippen LogP contribution in [0.4, 0.5) is 28.4 Å². The first-order chi connectivity index (χ1) is 32.4. The van der Waals surface area contributed by atoms with Gasteiger partial charge in [-0.1, -0.05) is 25.6 Å². The predicted molar refractivity (Wildman–Crippen MR) is 264 cm³/mol. The van der Waals surface area contributed by atoms with Crippen LogP contribution in [0.25, 0.3) is 10.1 Å². The summed E-state index contributed by atoms with van der Waals surface area (Å²) in [6.45, 7) is 9.44. The molecular formula is C51H51N9O6S. The van der Waals surface area contributed by atoms with Crippen molar-refractivity contribution in [1.82, 2.24) is 5.32 Å². The molecule has 15 nitrogen and oxygen atoms in total. The minimum Gasteiger partial charge on any atom is -0.486 e. The van der Waals surface area contributed by atoms with Gasteiger partial charge >= 0.3 is 0 Å². The summed E-state index contributed by atoms with van der Waals surface area (Å²) < 4.78 is 7.32. The number of amidine groups is 1. The molecule has 0 saturated carbocycles. The number of carbonyl (C=O) groups excluding carboxylic acids is 5. The number of hydrogen-bond donors (Lipinski definition) is 5. The topological polar surface area (TPSA) is 200 Å². The fraction of sp³-hybridized carbons (Fsp3) is 0.314. The number of benzene rings is 4. The van der Waals surface area contributed by atoms with Crippen molar-refractivity contribution in [3.63, 3.8) is 0 Å². The maximum Gasteiger partial charge on any atom is 0.263 e. The molecule has 342 valence electrons. The van der Waals surface area contributed by atoms with Crippen molar-refractivity contribution in [2.75, 3.05) is 51.9 Å². The third kappa shape index (κ3) is 8.41. The third-order valence-electron chi connectivity index (χ3n) is 13.2. The monoisotopic (exact) mass is 917 g/mol. The summed E-state index contributed by atoms with van der Waals surface area (Å²) in [7, 11) is 0. The lowest BCUT2D eigenvalue weighted by atomic mass is 10.0. The highest BCUT2D eigenvalue weighted by Gasteiger charge is 2.35. The number of thiophene rings is 1. The van der Waals surface area contributed by atoms with E-state index in [2.05, 4.69) is 32.8 Å². The summed E-state index contributed by atoms with van der Waals surface area (Å²) in [5.74, 6) is -0.0855. The van der Waals surface area contributed by atoms with E-state index in [0.29, 0.717) is 95.7 Å². The second-order valence-corrected chi connectivity index (χ2v) is 18.8. The molecule has 4 unspecified atom stereocenters. The number of carbonyl (C=O) groups is 5. The Kier molecular flexibility index (Phi) is 11.6. The summed E-state index contributed by atoms with van der Waals surface area (Å²) in [4.78, 5) is 80.3. The van der Waals surface area contributed by atoms with E-state index >= 15 is 0 Å². The normalized spacial score (nSPS) is 20.4. The Labute approximate surface area is 391 Å². The number of aliphatic imine (C=N–C) groups is 2. The quantitative estimate of drug-likeness (QED) is 0.0965. The molecular weight excluding hydrogens is 867 g/mol. The first kappa shape index (κ1) is 43.6. The molecule has 5 aromatic rings. The number of rotatable bonds is 9. The molecule has 0 fully saturated rings. The van der Waals surface area contributed by atoms with Gasteiger partial charge in [0.1, 0.15) is 22.6 Å². The van der Waals surface area contributed by atoms with E-state index < -0.39 is 0 Å².